The number of benzene rings is 1. The highest BCUT2D eigenvalue weighted by Gasteiger charge is 2.25. The van der Waals surface area contributed by atoms with Crippen LogP contribution in [0.4, 0.5) is 0 Å². The van der Waals surface area contributed by atoms with Crippen molar-refractivity contribution in [1.29, 1.82) is 0 Å². The van der Waals surface area contributed by atoms with Crippen molar-refractivity contribution >= 4 is 5.96 Å². The van der Waals surface area contributed by atoms with Crippen molar-refractivity contribution in [3.8, 4) is 0 Å². The summed E-state index contributed by atoms with van der Waals surface area (Å²) < 4.78 is 0. The van der Waals surface area contributed by atoms with E-state index in [0.717, 1.165) is 12.5 Å². The van der Waals surface area contributed by atoms with E-state index >= 15 is 0 Å². The summed E-state index contributed by atoms with van der Waals surface area (Å²) in [6.45, 7) is 9.64. The molecule has 1 aromatic carbocycles. The fourth-order valence-electron chi connectivity index (χ4n) is 3.25. The SMILES string of the molecule is CC(C)N=C(NC(C)C)N(Cc1ccccc1)C1CCCCC1. The summed E-state index contributed by atoms with van der Waals surface area (Å²) in [5.74, 6) is 1.07. The van der Waals surface area contributed by atoms with E-state index < -0.39 is 0 Å². The molecule has 0 spiro atoms. The van der Waals surface area contributed by atoms with Crippen molar-refractivity contribution in [1.82, 2.24) is 10.2 Å². The van der Waals surface area contributed by atoms with Gasteiger partial charge in [0.25, 0.3) is 0 Å². The second-order valence-electron chi connectivity index (χ2n) is 7.25. The van der Waals surface area contributed by atoms with Crippen molar-refractivity contribution in [3.05, 3.63) is 35.9 Å². The minimum Gasteiger partial charge on any atom is -0.354 e. The van der Waals surface area contributed by atoms with E-state index in [1.54, 1.807) is 0 Å². The Labute approximate surface area is 142 Å². The Morgan fingerprint density at radius 1 is 1.09 bits per heavy atom. The van der Waals surface area contributed by atoms with Crippen LogP contribution in [0, 0.1) is 0 Å². The zero-order valence-corrected chi connectivity index (χ0v) is 15.3. The van der Waals surface area contributed by atoms with Gasteiger partial charge in [-0.25, -0.2) is 0 Å². The van der Waals surface area contributed by atoms with Crippen molar-refractivity contribution in [2.24, 2.45) is 4.99 Å². The number of nitrogens with one attached hydrogen (secondary N) is 1. The molecule has 0 radical (unpaired) electrons. The fourth-order valence-corrected chi connectivity index (χ4v) is 3.25. The third-order valence-corrected chi connectivity index (χ3v) is 4.28. The molecule has 3 nitrogen and oxygen atoms in total. The maximum atomic E-state index is 4.92. The maximum Gasteiger partial charge on any atom is 0.194 e. The van der Waals surface area contributed by atoms with Crippen LogP contribution in [-0.2, 0) is 6.54 Å². The molecule has 0 amide bonds. The Morgan fingerprint density at radius 2 is 1.74 bits per heavy atom. The molecule has 23 heavy (non-hydrogen) atoms. The van der Waals surface area contributed by atoms with Crippen LogP contribution in [0.3, 0.4) is 0 Å². The van der Waals surface area contributed by atoms with Crippen molar-refractivity contribution < 1.29 is 0 Å². The number of nitrogens with zero attached hydrogens (tertiary/aromatic N) is 2. The standard InChI is InChI=1S/C20H33N3/c1-16(2)21-20(22-17(3)4)23(19-13-9-6-10-14-19)15-18-11-7-5-8-12-18/h5,7-8,11-12,16-17,19H,6,9-10,13-15H2,1-4H3,(H,21,22). The number of rotatable bonds is 5. The lowest BCUT2D eigenvalue weighted by Crippen LogP contribution is -2.49. The molecule has 1 saturated carbocycles. The normalized spacial score (nSPS) is 16.9. The number of hydrogen-bond donors (Lipinski definition) is 1. The smallest absolute Gasteiger partial charge is 0.194 e. The zero-order valence-electron chi connectivity index (χ0n) is 15.3. The minimum atomic E-state index is 0.304. The Kier molecular flexibility index (Phi) is 6.94. The quantitative estimate of drug-likeness (QED) is 0.636. The molecule has 1 fully saturated rings. The lowest BCUT2D eigenvalue weighted by Gasteiger charge is -2.38. The Bertz CT molecular complexity index is 473. The predicted octanol–water partition coefficient (Wildman–Crippen LogP) is 4.58. The number of aliphatic imine (C=N–C) groups is 1. The molecule has 0 atom stereocenters. The Balaban J connectivity index is 2.25. The van der Waals surface area contributed by atoms with Crippen molar-refractivity contribution in [3.63, 3.8) is 0 Å². The van der Waals surface area contributed by atoms with Crippen molar-refractivity contribution in [2.75, 3.05) is 0 Å². The first-order valence-electron chi connectivity index (χ1n) is 9.21. The zero-order chi connectivity index (χ0) is 16.7. The summed E-state index contributed by atoms with van der Waals surface area (Å²) in [5, 5.41) is 3.60. The topological polar surface area (TPSA) is 27.6 Å². The van der Waals surface area contributed by atoms with Gasteiger partial charge in [0, 0.05) is 24.7 Å². The highest BCUT2D eigenvalue weighted by molar-refractivity contribution is 5.80. The third-order valence-electron chi connectivity index (χ3n) is 4.28. The molecule has 1 N–H and O–H groups in total. The Hall–Kier alpha value is -1.51. The molecular formula is C20H33N3. The molecule has 0 aromatic heterocycles. The molecule has 0 unspecified atom stereocenters. The van der Waals surface area contributed by atoms with Gasteiger partial charge in [-0.05, 0) is 46.1 Å². The monoisotopic (exact) mass is 315 g/mol. The molecule has 0 bridgehead atoms. The second-order valence-corrected chi connectivity index (χ2v) is 7.25. The number of hydrogen-bond acceptors (Lipinski definition) is 1. The van der Waals surface area contributed by atoms with E-state index in [2.05, 4.69) is 68.2 Å². The lowest BCUT2D eigenvalue weighted by molar-refractivity contribution is 0.228. The number of guanidine groups is 1. The van der Waals surface area contributed by atoms with Crippen LogP contribution in [0.5, 0.6) is 0 Å². The first-order valence-corrected chi connectivity index (χ1v) is 9.21. The van der Waals surface area contributed by atoms with E-state index in [1.807, 2.05) is 0 Å². The van der Waals surface area contributed by atoms with Crippen LogP contribution >= 0.6 is 0 Å². The Morgan fingerprint density at radius 3 is 2.30 bits per heavy atom. The van der Waals surface area contributed by atoms with Gasteiger partial charge in [-0.3, -0.25) is 4.99 Å². The molecule has 128 valence electrons. The lowest BCUT2D eigenvalue weighted by atomic mass is 9.94. The molecular weight excluding hydrogens is 282 g/mol. The summed E-state index contributed by atoms with van der Waals surface area (Å²) in [6, 6.07) is 12.1. The summed E-state index contributed by atoms with van der Waals surface area (Å²) in [6.07, 6.45) is 6.62. The van der Waals surface area contributed by atoms with Gasteiger partial charge in [0.05, 0.1) is 0 Å². The summed E-state index contributed by atoms with van der Waals surface area (Å²) in [5.41, 5.74) is 1.36. The van der Waals surface area contributed by atoms with Crippen LogP contribution in [0.25, 0.3) is 0 Å². The van der Waals surface area contributed by atoms with E-state index in [1.165, 1.54) is 37.7 Å². The van der Waals surface area contributed by atoms with Crippen LogP contribution in [0.15, 0.2) is 35.3 Å². The molecule has 0 saturated heterocycles. The average Bonchev–Trinajstić information content (AvgIpc) is 2.53. The van der Waals surface area contributed by atoms with Crippen LogP contribution in [-0.4, -0.2) is 29.0 Å². The first-order chi connectivity index (χ1) is 11.1. The summed E-state index contributed by atoms with van der Waals surface area (Å²) in [4.78, 5) is 7.44. The van der Waals surface area contributed by atoms with E-state index in [9.17, 15) is 0 Å². The first kappa shape index (κ1) is 17.8. The van der Waals surface area contributed by atoms with Gasteiger partial charge in [-0.1, -0.05) is 49.6 Å². The molecule has 1 aliphatic rings. The molecule has 1 aliphatic carbocycles. The predicted molar refractivity (Wildman–Crippen MR) is 99.7 cm³/mol. The largest absolute Gasteiger partial charge is 0.354 e. The second kappa shape index (κ2) is 8.95. The molecule has 1 aromatic rings. The summed E-state index contributed by atoms with van der Waals surface area (Å²) in [7, 11) is 0. The van der Waals surface area contributed by atoms with Gasteiger partial charge < -0.3 is 10.2 Å². The minimum absolute atomic E-state index is 0.304. The van der Waals surface area contributed by atoms with Crippen LogP contribution in [0.1, 0.15) is 65.4 Å². The van der Waals surface area contributed by atoms with Gasteiger partial charge in [0.15, 0.2) is 5.96 Å². The average molecular weight is 316 g/mol. The molecule has 3 heteroatoms. The van der Waals surface area contributed by atoms with Gasteiger partial charge in [-0.2, -0.15) is 0 Å². The van der Waals surface area contributed by atoms with E-state index in [-0.39, 0.29) is 0 Å². The van der Waals surface area contributed by atoms with Crippen LogP contribution < -0.4 is 5.32 Å². The molecule has 2 rings (SSSR count). The van der Waals surface area contributed by atoms with E-state index in [4.69, 9.17) is 4.99 Å². The highest BCUT2D eigenvalue weighted by atomic mass is 15.3. The van der Waals surface area contributed by atoms with E-state index in [0.29, 0.717) is 18.1 Å². The summed E-state index contributed by atoms with van der Waals surface area (Å²) >= 11 is 0. The van der Waals surface area contributed by atoms with Gasteiger partial charge >= 0.3 is 0 Å². The van der Waals surface area contributed by atoms with Crippen molar-refractivity contribution in [2.45, 2.75) is 84.5 Å². The maximum absolute atomic E-state index is 4.92. The molecule has 0 aliphatic heterocycles. The van der Waals surface area contributed by atoms with Crippen LogP contribution in [0.2, 0.25) is 0 Å². The van der Waals surface area contributed by atoms with Gasteiger partial charge in [0.2, 0.25) is 0 Å². The van der Waals surface area contributed by atoms with Gasteiger partial charge in [0.1, 0.15) is 0 Å². The van der Waals surface area contributed by atoms with Gasteiger partial charge in [-0.15, -0.1) is 0 Å². The molecule has 0 heterocycles. The third kappa shape index (κ3) is 5.89. The highest BCUT2D eigenvalue weighted by Crippen LogP contribution is 2.24. The fraction of sp³-hybridized carbons (Fsp3) is 0.650.